The van der Waals surface area contributed by atoms with E-state index in [2.05, 4.69) is 12.2 Å². The van der Waals surface area contributed by atoms with Crippen LogP contribution in [0.1, 0.15) is 19.8 Å². The first-order chi connectivity index (χ1) is 5.29. The van der Waals surface area contributed by atoms with Crippen molar-refractivity contribution in [3.05, 3.63) is 23.2 Å². The summed E-state index contributed by atoms with van der Waals surface area (Å²) in [5.41, 5.74) is 2.17. The van der Waals surface area contributed by atoms with E-state index in [1.165, 1.54) is 5.57 Å². The molecule has 0 radical (unpaired) electrons. The fourth-order valence-electron chi connectivity index (χ4n) is 1.70. The van der Waals surface area contributed by atoms with Gasteiger partial charge in [0.1, 0.15) is 0 Å². The highest BCUT2D eigenvalue weighted by Gasteiger charge is 2.35. The van der Waals surface area contributed by atoms with E-state index >= 15 is 0 Å². The molecule has 0 aromatic heterocycles. The second-order valence-electron chi connectivity index (χ2n) is 3.03. The smallest absolute Gasteiger partial charge is 0.423 e. The Hall–Kier alpha value is -0.535. The third-order valence-corrected chi connectivity index (χ3v) is 2.27. The van der Waals surface area contributed by atoms with Crippen molar-refractivity contribution >= 4 is 7.12 Å². The van der Waals surface area contributed by atoms with Crippen molar-refractivity contribution in [3.63, 3.8) is 0 Å². The standard InChI is InChI=1S/C8H11BO2/c1-6-7-4-2-3-5-8(7)9(10)11-6/h4-6,10H,2-3H2,1H3. The van der Waals surface area contributed by atoms with Crippen LogP contribution in [0.2, 0.25) is 0 Å². The summed E-state index contributed by atoms with van der Waals surface area (Å²) in [6.07, 6.45) is 6.43. The van der Waals surface area contributed by atoms with E-state index in [1.807, 2.05) is 6.92 Å². The first kappa shape index (κ1) is 7.13. The molecular formula is C8H11BO2. The molecular weight excluding hydrogens is 139 g/mol. The molecule has 1 fully saturated rings. The van der Waals surface area contributed by atoms with Crippen molar-refractivity contribution < 1.29 is 9.68 Å². The maximum Gasteiger partial charge on any atom is 0.491 e. The molecule has 2 aliphatic rings. The monoisotopic (exact) mass is 150 g/mol. The largest absolute Gasteiger partial charge is 0.491 e. The molecule has 0 amide bonds. The van der Waals surface area contributed by atoms with E-state index in [-0.39, 0.29) is 6.10 Å². The van der Waals surface area contributed by atoms with E-state index in [9.17, 15) is 5.02 Å². The van der Waals surface area contributed by atoms with Gasteiger partial charge in [0.25, 0.3) is 0 Å². The van der Waals surface area contributed by atoms with Gasteiger partial charge in [0.2, 0.25) is 0 Å². The van der Waals surface area contributed by atoms with Gasteiger partial charge in [-0.05, 0) is 30.8 Å². The summed E-state index contributed by atoms with van der Waals surface area (Å²) in [4.78, 5) is 0. The van der Waals surface area contributed by atoms with Crippen LogP contribution in [0.5, 0.6) is 0 Å². The quantitative estimate of drug-likeness (QED) is 0.523. The molecule has 1 unspecified atom stereocenters. The first-order valence-corrected chi connectivity index (χ1v) is 4.03. The highest BCUT2D eigenvalue weighted by Crippen LogP contribution is 2.31. The molecule has 0 aromatic rings. The van der Waals surface area contributed by atoms with Crippen LogP contribution >= 0.6 is 0 Å². The SMILES string of the molecule is CC1OB(O)C2=CCCC=C21. The van der Waals surface area contributed by atoms with Gasteiger partial charge in [-0.1, -0.05) is 12.2 Å². The lowest BCUT2D eigenvalue weighted by atomic mass is 9.74. The lowest BCUT2D eigenvalue weighted by Gasteiger charge is -2.08. The minimum absolute atomic E-state index is 0.0801. The van der Waals surface area contributed by atoms with Crippen LogP contribution in [0.25, 0.3) is 0 Å². The van der Waals surface area contributed by atoms with E-state index in [1.54, 1.807) is 0 Å². The zero-order chi connectivity index (χ0) is 7.84. The first-order valence-electron chi connectivity index (χ1n) is 4.03. The molecule has 0 saturated carbocycles. The minimum atomic E-state index is -0.670. The molecule has 3 heteroatoms. The number of allylic oxidation sites excluding steroid dienone is 2. The molecule has 11 heavy (non-hydrogen) atoms. The van der Waals surface area contributed by atoms with Crippen molar-refractivity contribution in [2.24, 2.45) is 0 Å². The van der Waals surface area contributed by atoms with Crippen molar-refractivity contribution in [1.29, 1.82) is 0 Å². The van der Waals surface area contributed by atoms with Crippen molar-refractivity contribution in [2.45, 2.75) is 25.9 Å². The van der Waals surface area contributed by atoms with E-state index in [0.717, 1.165) is 18.3 Å². The highest BCUT2D eigenvalue weighted by atomic mass is 16.5. The third-order valence-electron chi connectivity index (χ3n) is 2.27. The Kier molecular flexibility index (Phi) is 1.62. The molecule has 2 rings (SSSR count). The Morgan fingerprint density at radius 1 is 1.55 bits per heavy atom. The minimum Gasteiger partial charge on any atom is -0.423 e. The molecule has 1 atom stereocenters. The van der Waals surface area contributed by atoms with Gasteiger partial charge in [-0.25, -0.2) is 0 Å². The lowest BCUT2D eigenvalue weighted by molar-refractivity contribution is 0.241. The molecule has 0 bridgehead atoms. The fraction of sp³-hybridized carbons (Fsp3) is 0.500. The fourth-order valence-corrected chi connectivity index (χ4v) is 1.70. The van der Waals surface area contributed by atoms with Crippen LogP contribution in [-0.2, 0) is 4.65 Å². The van der Waals surface area contributed by atoms with Crippen LogP contribution in [0.3, 0.4) is 0 Å². The summed E-state index contributed by atoms with van der Waals surface area (Å²) in [5.74, 6) is 0. The topological polar surface area (TPSA) is 29.5 Å². The third kappa shape index (κ3) is 1.05. The summed E-state index contributed by atoms with van der Waals surface area (Å²) in [5, 5.41) is 9.36. The summed E-state index contributed by atoms with van der Waals surface area (Å²) in [7, 11) is -0.670. The van der Waals surface area contributed by atoms with Gasteiger partial charge in [-0.3, -0.25) is 0 Å². The number of rotatable bonds is 0. The van der Waals surface area contributed by atoms with Gasteiger partial charge in [0, 0.05) is 0 Å². The highest BCUT2D eigenvalue weighted by molar-refractivity contribution is 6.55. The van der Waals surface area contributed by atoms with Crippen LogP contribution in [0, 0.1) is 0 Å². The van der Waals surface area contributed by atoms with Crippen LogP contribution in [0.15, 0.2) is 23.2 Å². The Morgan fingerprint density at radius 2 is 2.27 bits per heavy atom. The molecule has 1 saturated heterocycles. The second kappa shape index (κ2) is 2.50. The average molecular weight is 150 g/mol. The van der Waals surface area contributed by atoms with Gasteiger partial charge in [-0.2, -0.15) is 0 Å². The molecule has 1 heterocycles. The normalized spacial score (nSPS) is 29.6. The molecule has 1 aliphatic carbocycles. The van der Waals surface area contributed by atoms with E-state index in [4.69, 9.17) is 4.65 Å². The summed E-state index contributed by atoms with van der Waals surface area (Å²) >= 11 is 0. The maximum atomic E-state index is 9.36. The van der Waals surface area contributed by atoms with Crippen LogP contribution in [-0.4, -0.2) is 18.2 Å². The number of fused-ring (bicyclic) bond motifs is 1. The van der Waals surface area contributed by atoms with E-state index < -0.39 is 7.12 Å². The van der Waals surface area contributed by atoms with E-state index in [0.29, 0.717) is 0 Å². The Labute approximate surface area is 66.7 Å². The molecule has 0 spiro atoms. The van der Waals surface area contributed by atoms with Crippen molar-refractivity contribution in [3.8, 4) is 0 Å². The average Bonchev–Trinajstić information content (AvgIpc) is 2.30. The lowest BCUT2D eigenvalue weighted by Crippen LogP contribution is -2.14. The zero-order valence-corrected chi connectivity index (χ0v) is 6.58. The Morgan fingerprint density at radius 3 is 3.00 bits per heavy atom. The Balaban J connectivity index is 2.34. The predicted molar refractivity (Wildman–Crippen MR) is 43.9 cm³/mol. The second-order valence-corrected chi connectivity index (χ2v) is 3.03. The Bertz CT molecular complexity index is 208. The van der Waals surface area contributed by atoms with Crippen molar-refractivity contribution in [2.75, 3.05) is 0 Å². The van der Waals surface area contributed by atoms with Crippen LogP contribution < -0.4 is 0 Å². The molecule has 2 nitrogen and oxygen atoms in total. The molecule has 0 aromatic carbocycles. The summed E-state index contributed by atoms with van der Waals surface area (Å²) in [6.45, 7) is 1.97. The molecule has 58 valence electrons. The molecule has 1 N–H and O–H groups in total. The van der Waals surface area contributed by atoms with Crippen LogP contribution in [0.4, 0.5) is 0 Å². The van der Waals surface area contributed by atoms with Gasteiger partial charge in [0.05, 0.1) is 6.10 Å². The van der Waals surface area contributed by atoms with Gasteiger partial charge in [0.15, 0.2) is 0 Å². The molecule has 1 aliphatic heterocycles. The van der Waals surface area contributed by atoms with Gasteiger partial charge in [-0.15, -0.1) is 0 Å². The number of hydrogen-bond donors (Lipinski definition) is 1. The number of hydrogen-bond acceptors (Lipinski definition) is 2. The van der Waals surface area contributed by atoms with Gasteiger partial charge < -0.3 is 9.68 Å². The zero-order valence-electron chi connectivity index (χ0n) is 6.58. The predicted octanol–water partition coefficient (Wildman–Crippen LogP) is 1.07. The van der Waals surface area contributed by atoms with Crippen molar-refractivity contribution in [1.82, 2.24) is 0 Å². The summed E-state index contributed by atoms with van der Waals surface area (Å²) in [6, 6.07) is 0. The maximum absolute atomic E-state index is 9.36. The summed E-state index contributed by atoms with van der Waals surface area (Å²) < 4.78 is 5.23. The van der Waals surface area contributed by atoms with Gasteiger partial charge >= 0.3 is 7.12 Å².